The first-order valence-corrected chi connectivity index (χ1v) is 8.97. The van der Waals surface area contributed by atoms with E-state index in [0.29, 0.717) is 56.4 Å². The Morgan fingerprint density at radius 3 is 2.65 bits per heavy atom. The molecule has 0 saturated carbocycles. The SMILES string of the molecule is CCOc1ccc(OCC)c(N2C(=O)CCC2(C)C(=O)NCCOC)c1. The second-order valence-corrected chi connectivity index (χ2v) is 6.25. The number of nitrogens with zero attached hydrogens (tertiary/aromatic N) is 1. The van der Waals surface area contributed by atoms with Gasteiger partial charge in [-0.1, -0.05) is 0 Å². The van der Waals surface area contributed by atoms with Crippen molar-refractivity contribution >= 4 is 17.5 Å². The summed E-state index contributed by atoms with van der Waals surface area (Å²) < 4.78 is 16.3. The molecular weight excluding hydrogens is 336 g/mol. The maximum Gasteiger partial charge on any atom is 0.246 e. The molecule has 2 amide bonds. The van der Waals surface area contributed by atoms with Crippen LogP contribution in [0, 0.1) is 0 Å². The van der Waals surface area contributed by atoms with Crippen molar-refractivity contribution < 1.29 is 23.8 Å². The first kappa shape index (κ1) is 20.0. The van der Waals surface area contributed by atoms with Crippen molar-refractivity contribution in [3.8, 4) is 11.5 Å². The van der Waals surface area contributed by atoms with Crippen LogP contribution in [-0.4, -0.2) is 50.8 Å². The van der Waals surface area contributed by atoms with E-state index in [-0.39, 0.29) is 11.8 Å². The standard InChI is InChI=1S/C19H28N2O5/c1-5-25-14-7-8-16(26-6-2)15(13-14)21-17(22)9-10-19(21,3)18(23)20-11-12-24-4/h7-8,13H,5-6,9-12H2,1-4H3,(H,20,23). The average Bonchev–Trinajstić information content (AvgIpc) is 2.93. The summed E-state index contributed by atoms with van der Waals surface area (Å²) in [5.74, 6) is 0.878. The molecule has 1 aromatic carbocycles. The molecule has 0 spiro atoms. The highest BCUT2D eigenvalue weighted by atomic mass is 16.5. The predicted molar refractivity (Wildman–Crippen MR) is 98.8 cm³/mol. The minimum absolute atomic E-state index is 0.107. The zero-order chi connectivity index (χ0) is 19.2. The normalized spacial score (nSPS) is 19.5. The van der Waals surface area contributed by atoms with E-state index in [9.17, 15) is 9.59 Å². The molecule has 0 bridgehead atoms. The van der Waals surface area contributed by atoms with Crippen LogP contribution in [0.2, 0.25) is 0 Å². The molecule has 0 radical (unpaired) electrons. The lowest BCUT2D eigenvalue weighted by atomic mass is 9.97. The van der Waals surface area contributed by atoms with Gasteiger partial charge in [-0.2, -0.15) is 0 Å². The fourth-order valence-electron chi connectivity index (χ4n) is 3.13. The molecule has 1 N–H and O–H groups in total. The van der Waals surface area contributed by atoms with Crippen molar-refractivity contribution in [2.45, 2.75) is 39.2 Å². The van der Waals surface area contributed by atoms with Crippen LogP contribution in [-0.2, 0) is 14.3 Å². The van der Waals surface area contributed by atoms with E-state index in [1.54, 1.807) is 37.1 Å². The first-order chi connectivity index (χ1) is 12.5. The monoisotopic (exact) mass is 364 g/mol. The van der Waals surface area contributed by atoms with E-state index in [4.69, 9.17) is 14.2 Å². The average molecular weight is 364 g/mol. The number of benzene rings is 1. The maximum absolute atomic E-state index is 12.8. The fraction of sp³-hybridized carbons (Fsp3) is 0.579. The topological polar surface area (TPSA) is 77.1 Å². The van der Waals surface area contributed by atoms with Gasteiger partial charge in [0.2, 0.25) is 11.8 Å². The third-order valence-corrected chi connectivity index (χ3v) is 4.43. The lowest BCUT2D eigenvalue weighted by Crippen LogP contribution is -2.55. The van der Waals surface area contributed by atoms with Gasteiger partial charge in [0.25, 0.3) is 0 Å². The van der Waals surface area contributed by atoms with Gasteiger partial charge in [0.1, 0.15) is 17.0 Å². The van der Waals surface area contributed by atoms with E-state index >= 15 is 0 Å². The summed E-state index contributed by atoms with van der Waals surface area (Å²) in [6, 6.07) is 5.34. The molecule has 1 unspecified atom stereocenters. The van der Waals surface area contributed by atoms with Gasteiger partial charge in [-0.25, -0.2) is 0 Å². The second kappa shape index (κ2) is 8.89. The number of rotatable bonds is 9. The molecule has 0 aromatic heterocycles. The Kier molecular flexibility index (Phi) is 6.85. The van der Waals surface area contributed by atoms with E-state index < -0.39 is 5.54 Å². The van der Waals surface area contributed by atoms with Gasteiger partial charge in [0.05, 0.1) is 25.5 Å². The van der Waals surface area contributed by atoms with Crippen LogP contribution in [0.1, 0.15) is 33.6 Å². The molecule has 7 nitrogen and oxygen atoms in total. The molecule has 1 aliphatic rings. The molecule has 0 aliphatic carbocycles. The van der Waals surface area contributed by atoms with Gasteiger partial charge in [-0.05, 0) is 39.3 Å². The van der Waals surface area contributed by atoms with Crippen LogP contribution in [0.3, 0.4) is 0 Å². The Morgan fingerprint density at radius 1 is 1.27 bits per heavy atom. The number of hydrogen-bond acceptors (Lipinski definition) is 5. The van der Waals surface area contributed by atoms with E-state index in [0.717, 1.165) is 0 Å². The number of ether oxygens (including phenoxy) is 3. The van der Waals surface area contributed by atoms with Crippen LogP contribution < -0.4 is 19.7 Å². The third-order valence-electron chi connectivity index (χ3n) is 4.43. The highest BCUT2D eigenvalue weighted by Crippen LogP contribution is 2.42. The van der Waals surface area contributed by atoms with E-state index in [1.807, 2.05) is 13.8 Å². The smallest absolute Gasteiger partial charge is 0.246 e. The van der Waals surface area contributed by atoms with Gasteiger partial charge in [-0.15, -0.1) is 0 Å². The molecule has 2 rings (SSSR count). The van der Waals surface area contributed by atoms with Gasteiger partial charge >= 0.3 is 0 Å². The van der Waals surface area contributed by atoms with E-state index in [1.165, 1.54) is 0 Å². The van der Waals surface area contributed by atoms with Crippen molar-refractivity contribution in [1.29, 1.82) is 0 Å². The van der Waals surface area contributed by atoms with Crippen LogP contribution in [0.5, 0.6) is 11.5 Å². The van der Waals surface area contributed by atoms with Gasteiger partial charge in [-0.3, -0.25) is 14.5 Å². The number of amides is 2. The molecule has 7 heteroatoms. The second-order valence-electron chi connectivity index (χ2n) is 6.25. The quantitative estimate of drug-likeness (QED) is 0.679. The Labute approximate surface area is 154 Å². The number of methoxy groups -OCH3 is 1. The lowest BCUT2D eigenvalue weighted by molar-refractivity contribution is -0.127. The molecule has 26 heavy (non-hydrogen) atoms. The zero-order valence-corrected chi connectivity index (χ0v) is 16.0. The van der Waals surface area contributed by atoms with Crippen molar-refractivity contribution in [1.82, 2.24) is 5.32 Å². The lowest BCUT2D eigenvalue weighted by Gasteiger charge is -2.35. The largest absolute Gasteiger partial charge is 0.494 e. The molecule has 1 aromatic rings. The molecule has 1 aliphatic heterocycles. The van der Waals surface area contributed by atoms with Crippen LogP contribution >= 0.6 is 0 Å². The molecule has 144 valence electrons. The maximum atomic E-state index is 12.8. The Morgan fingerprint density at radius 2 is 2.00 bits per heavy atom. The van der Waals surface area contributed by atoms with Gasteiger partial charge in [0.15, 0.2) is 0 Å². The van der Waals surface area contributed by atoms with Crippen molar-refractivity contribution in [3.63, 3.8) is 0 Å². The molecule has 1 fully saturated rings. The Bertz CT molecular complexity index is 649. The minimum Gasteiger partial charge on any atom is -0.494 e. The van der Waals surface area contributed by atoms with Crippen LogP contribution in [0.25, 0.3) is 0 Å². The summed E-state index contributed by atoms with van der Waals surface area (Å²) in [6.45, 7) is 7.33. The summed E-state index contributed by atoms with van der Waals surface area (Å²) in [5, 5.41) is 2.85. The first-order valence-electron chi connectivity index (χ1n) is 8.97. The summed E-state index contributed by atoms with van der Waals surface area (Å²) in [7, 11) is 1.58. The van der Waals surface area contributed by atoms with E-state index in [2.05, 4.69) is 5.32 Å². The van der Waals surface area contributed by atoms with Gasteiger partial charge < -0.3 is 19.5 Å². The Balaban J connectivity index is 2.40. The number of carbonyl (C=O) groups is 2. The number of anilines is 1. The zero-order valence-electron chi connectivity index (χ0n) is 16.0. The molecular formula is C19H28N2O5. The summed E-state index contributed by atoms with van der Waals surface area (Å²) in [5.41, 5.74) is -0.425. The van der Waals surface area contributed by atoms with Gasteiger partial charge in [0, 0.05) is 26.1 Å². The highest BCUT2D eigenvalue weighted by Gasteiger charge is 2.49. The van der Waals surface area contributed by atoms with Crippen molar-refractivity contribution in [3.05, 3.63) is 18.2 Å². The molecule has 1 saturated heterocycles. The highest BCUT2D eigenvalue weighted by molar-refractivity contribution is 6.07. The predicted octanol–water partition coefficient (Wildman–Crippen LogP) is 2.13. The number of nitrogens with one attached hydrogen (secondary N) is 1. The molecule has 1 atom stereocenters. The number of carbonyl (C=O) groups excluding carboxylic acids is 2. The summed E-state index contributed by atoms with van der Waals surface area (Å²) >= 11 is 0. The third kappa shape index (κ3) is 4.09. The minimum atomic E-state index is -0.985. The fourth-order valence-corrected chi connectivity index (χ4v) is 3.13. The van der Waals surface area contributed by atoms with Crippen molar-refractivity contribution in [2.75, 3.05) is 38.4 Å². The van der Waals surface area contributed by atoms with Crippen molar-refractivity contribution in [2.24, 2.45) is 0 Å². The van der Waals surface area contributed by atoms with Crippen LogP contribution in [0.4, 0.5) is 5.69 Å². The van der Waals surface area contributed by atoms with Crippen LogP contribution in [0.15, 0.2) is 18.2 Å². The number of hydrogen-bond donors (Lipinski definition) is 1. The summed E-state index contributed by atoms with van der Waals surface area (Å²) in [6.07, 6.45) is 0.744. The molecule has 1 heterocycles. The Hall–Kier alpha value is -2.28. The summed E-state index contributed by atoms with van der Waals surface area (Å²) in [4.78, 5) is 27.0.